The number of carbonyl (C=O) groups excluding carboxylic acids is 1. The number of ether oxygens (including phenoxy) is 1. The summed E-state index contributed by atoms with van der Waals surface area (Å²) in [5.74, 6) is -0.174. The van der Waals surface area contributed by atoms with Gasteiger partial charge < -0.3 is 15.4 Å². The lowest BCUT2D eigenvalue weighted by Crippen LogP contribution is -2.33. The first-order valence-electron chi connectivity index (χ1n) is 6.96. The van der Waals surface area contributed by atoms with Crippen molar-refractivity contribution in [3.05, 3.63) is 35.4 Å². The van der Waals surface area contributed by atoms with Gasteiger partial charge in [-0.15, -0.1) is 0 Å². The summed E-state index contributed by atoms with van der Waals surface area (Å²) in [5.41, 5.74) is 1.53. The quantitative estimate of drug-likeness (QED) is 0.773. The lowest BCUT2D eigenvalue weighted by Gasteiger charge is -2.12. The zero-order valence-corrected chi connectivity index (χ0v) is 12.7. The van der Waals surface area contributed by atoms with Crippen LogP contribution in [0.5, 0.6) is 0 Å². The number of carbonyl (C=O) groups is 1. The van der Waals surface area contributed by atoms with Crippen LogP contribution in [0.4, 0.5) is 13.2 Å². The number of benzene rings is 1. The van der Waals surface area contributed by atoms with Crippen LogP contribution in [0.1, 0.15) is 18.1 Å². The van der Waals surface area contributed by atoms with Gasteiger partial charge in [0.1, 0.15) is 6.61 Å². The molecule has 1 unspecified atom stereocenters. The normalized spacial score (nSPS) is 13.0. The molecular formula is C15H21F3N2O2. The summed E-state index contributed by atoms with van der Waals surface area (Å²) in [5, 5.41) is 5.74. The number of rotatable bonds is 8. The van der Waals surface area contributed by atoms with Crippen LogP contribution in [0, 0.1) is 5.92 Å². The van der Waals surface area contributed by atoms with Crippen LogP contribution in [0.25, 0.3) is 0 Å². The van der Waals surface area contributed by atoms with E-state index >= 15 is 0 Å². The molecule has 1 aromatic carbocycles. The van der Waals surface area contributed by atoms with E-state index in [1.165, 1.54) is 0 Å². The first-order chi connectivity index (χ1) is 10.3. The minimum atomic E-state index is -4.31. The lowest BCUT2D eigenvalue weighted by atomic mass is 10.1. The zero-order chi connectivity index (χ0) is 16.6. The maximum Gasteiger partial charge on any atom is 0.411 e. The van der Waals surface area contributed by atoms with E-state index < -0.39 is 12.8 Å². The smallest absolute Gasteiger partial charge is 0.367 e. The standard InChI is InChI=1S/C15H21F3N2O2/c1-11(7-19-2)14(21)20-8-12-3-5-13(6-4-12)9-22-10-15(16,17)18/h3-6,11,19H,7-10H2,1-2H3,(H,20,21). The van der Waals surface area contributed by atoms with Gasteiger partial charge in [-0.2, -0.15) is 13.2 Å². The molecule has 0 saturated carbocycles. The molecule has 124 valence electrons. The van der Waals surface area contributed by atoms with Gasteiger partial charge in [-0.1, -0.05) is 31.2 Å². The highest BCUT2D eigenvalue weighted by atomic mass is 19.4. The molecule has 2 N–H and O–H groups in total. The van der Waals surface area contributed by atoms with Crippen LogP contribution in [0.15, 0.2) is 24.3 Å². The largest absolute Gasteiger partial charge is 0.411 e. The van der Waals surface area contributed by atoms with Crippen molar-refractivity contribution in [2.24, 2.45) is 5.92 Å². The second kappa shape index (κ2) is 8.75. The Morgan fingerprint density at radius 1 is 1.23 bits per heavy atom. The van der Waals surface area contributed by atoms with E-state index in [2.05, 4.69) is 15.4 Å². The SMILES string of the molecule is CNCC(C)C(=O)NCc1ccc(COCC(F)(F)F)cc1. The molecule has 1 rings (SSSR count). The van der Waals surface area contributed by atoms with Crippen molar-refractivity contribution in [1.29, 1.82) is 0 Å². The van der Waals surface area contributed by atoms with Gasteiger partial charge in [-0.25, -0.2) is 0 Å². The van der Waals surface area contributed by atoms with E-state index in [1.807, 2.05) is 6.92 Å². The molecule has 0 aliphatic rings. The highest BCUT2D eigenvalue weighted by Crippen LogP contribution is 2.15. The Morgan fingerprint density at radius 3 is 2.36 bits per heavy atom. The number of alkyl halides is 3. The van der Waals surface area contributed by atoms with Gasteiger partial charge in [-0.05, 0) is 18.2 Å². The van der Waals surface area contributed by atoms with Gasteiger partial charge in [0.2, 0.25) is 5.91 Å². The van der Waals surface area contributed by atoms with Crippen molar-refractivity contribution in [3.63, 3.8) is 0 Å². The highest BCUT2D eigenvalue weighted by Gasteiger charge is 2.27. The second-order valence-corrected chi connectivity index (χ2v) is 5.10. The monoisotopic (exact) mass is 318 g/mol. The van der Waals surface area contributed by atoms with Crippen LogP contribution in [-0.4, -0.2) is 32.3 Å². The van der Waals surface area contributed by atoms with E-state index in [9.17, 15) is 18.0 Å². The lowest BCUT2D eigenvalue weighted by molar-refractivity contribution is -0.176. The summed E-state index contributed by atoms with van der Waals surface area (Å²) < 4.78 is 40.4. The number of halogens is 3. The third kappa shape index (κ3) is 7.42. The Morgan fingerprint density at radius 2 is 1.82 bits per heavy atom. The van der Waals surface area contributed by atoms with Gasteiger partial charge in [0.15, 0.2) is 0 Å². The molecule has 0 aliphatic carbocycles. The minimum Gasteiger partial charge on any atom is -0.367 e. The molecule has 1 aromatic rings. The van der Waals surface area contributed by atoms with Crippen molar-refractivity contribution in [2.75, 3.05) is 20.2 Å². The van der Waals surface area contributed by atoms with Crippen molar-refractivity contribution in [2.45, 2.75) is 26.3 Å². The van der Waals surface area contributed by atoms with E-state index in [0.717, 1.165) is 5.56 Å². The summed E-state index contributed by atoms with van der Waals surface area (Å²) in [4.78, 5) is 11.7. The molecule has 0 fully saturated rings. The van der Waals surface area contributed by atoms with Crippen LogP contribution in [0.2, 0.25) is 0 Å². The summed E-state index contributed by atoms with van der Waals surface area (Å²) in [7, 11) is 1.78. The Bertz CT molecular complexity index is 461. The van der Waals surface area contributed by atoms with Crippen molar-refractivity contribution >= 4 is 5.91 Å². The van der Waals surface area contributed by atoms with E-state index in [-0.39, 0.29) is 18.4 Å². The topological polar surface area (TPSA) is 50.4 Å². The van der Waals surface area contributed by atoms with Gasteiger partial charge in [0.05, 0.1) is 6.61 Å². The molecule has 0 bridgehead atoms. The van der Waals surface area contributed by atoms with Crippen LogP contribution in [-0.2, 0) is 22.7 Å². The average Bonchev–Trinajstić information content (AvgIpc) is 2.45. The Kier molecular flexibility index (Phi) is 7.34. The minimum absolute atomic E-state index is 0.0491. The van der Waals surface area contributed by atoms with Gasteiger partial charge in [0.25, 0.3) is 0 Å². The Hall–Kier alpha value is -1.60. The average molecular weight is 318 g/mol. The molecule has 0 aromatic heterocycles. The maximum absolute atomic E-state index is 11.9. The van der Waals surface area contributed by atoms with Gasteiger partial charge in [-0.3, -0.25) is 4.79 Å². The predicted octanol–water partition coefficient (Wildman–Crippen LogP) is 2.24. The third-order valence-electron chi connectivity index (χ3n) is 2.98. The van der Waals surface area contributed by atoms with E-state index in [0.29, 0.717) is 18.7 Å². The van der Waals surface area contributed by atoms with Crippen LogP contribution >= 0.6 is 0 Å². The fourth-order valence-electron chi connectivity index (χ4n) is 1.80. The summed E-state index contributed by atoms with van der Waals surface area (Å²) in [6.45, 7) is 1.46. The molecule has 1 amide bonds. The molecular weight excluding hydrogens is 297 g/mol. The molecule has 0 saturated heterocycles. The molecule has 0 aliphatic heterocycles. The molecule has 4 nitrogen and oxygen atoms in total. The molecule has 1 atom stereocenters. The zero-order valence-electron chi connectivity index (χ0n) is 12.7. The second-order valence-electron chi connectivity index (χ2n) is 5.10. The molecule has 7 heteroatoms. The first kappa shape index (κ1) is 18.4. The fourth-order valence-corrected chi connectivity index (χ4v) is 1.80. The predicted molar refractivity (Wildman–Crippen MR) is 77.1 cm³/mol. The summed E-state index contributed by atoms with van der Waals surface area (Å²) in [6, 6.07) is 6.90. The highest BCUT2D eigenvalue weighted by molar-refractivity contribution is 5.78. The number of hydrogen-bond acceptors (Lipinski definition) is 3. The Labute approximate surface area is 128 Å². The van der Waals surface area contributed by atoms with E-state index in [1.54, 1.807) is 31.3 Å². The number of amides is 1. The van der Waals surface area contributed by atoms with Crippen molar-refractivity contribution in [1.82, 2.24) is 10.6 Å². The summed E-state index contributed by atoms with van der Waals surface area (Å²) >= 11 is 0. The molecule has 0 radical (unpaired) electrons. The Balaban J connectivity index is 2.37. The molecule has 22 heavy (non-hydrogen) atoms. The van der Waals surface area contributed by atoms with Crippen LogP contribution in [0.3, 0.4) is 0 Å². The van der Waals surface area contributed by atoms with Crippen molar-refractivity contribution < 1.29 is 22.7 Å². The first-order valence-corrected chi connectivity index (χ1v) is 6.96. The molecule has 0 heterocycles. The maximum atomic E-state index is 11.9. The molecule has 0 spiro atoms. The number of nitrogens with one attached hydrogen (secondary N) is 2. The summed E-state index contributed by atoms with van der Waals surface area (Å²) in [6.07, 6.45) is -4.31. The van der Waals surface area contributed by atoms with Gasteiger partial charge in [0, 0.05) is 19.0 Å². The number of hydrogen-bond donors (Lipinski definition) is 2. The third-order valence-corrected chi connectivity index (χ3v) is 2.98. The van der Waals surface area contributed by atoms with Gasteiger partial charge >= 0.3 is 6.18 Å². The van der Waals surface area contributed by atoms with E-state index in [4.69, 9.17) is 0 Å². The van der Waals surface area contributed by atoms with Crippen LogP contribution < -0.4 is 10.6 Å². The fraction of sp³-hybridized carbons (Fsp3) is 0.533. The van der Waals surface area contributed by atoms with Crippen molar-refractivity contribution in [3.8, 4) is 0 Å².